The van der Waals surface area contributed by atoms with Crippen molar-refractivity contribution in [2.75, 3.05) is 41.8 Å². The number of nitrogens with one attached hydrogen (secondary N) is 2. The molecule has 12 heteroatoms. The van der Waals surface area contributed by atoms with Crippen molar-refractivity contribution in [3.8, 4) is 11.4 Å². The van der Waals surface area contributed by atoms with Gasteiger partial charge in [0.25, 0.3) is 0 Å². The lowest BCUT2D eigenvalue weighted by Crippen LogP contribution is -2.37. The Bertz CT molecular complexity index is 1500. The second-order valence-electron chi connectivity index (χ2n) is 8.07. The average Bonchev–Trinajstić information content (AvgIpc) is 2.89. The lowest BCUT2D eigenvalue weighted by molar-refractivity contribution is 0.122. The summed E-state index contributed by atoms with van der Waals surface area (Å²) in [6.07, 6.45) is 1.70. The number of anilines is 3. The minimum atomic E-state index is -3.80. The van der Waals surface area contributed by atoms with Crippen LogP contribution < -0.4 is 20.7 Å². The summed E-state index contributed by atoms with van der Waals surface area (Å²) in [5, 5.41) is 11.4. The molecule has 2 aromatic heterocycles. The van der Waals surface area contributed by atoms with Crippen molar-refractivity contribution < 1.29 is 17.9 Å². The third-order valence-corrected chi connectivity index (χ3v) is 6.53. The van der Waals surface area contributed by atoms with E-state index in [0.29, 0.717) is 36.1 Å². The highest BCUT2D eigenvalue weighted by atomic mass is 32.2. The first-order chi connectivity index (χ1) is 17.4. The van der Waals surface area contributed by atoms with E-state index in [1.54, 1.807) is 18.3 Å². The fraction of sp³-hybridized carbons (Fsp3) is 0.167. The lowest BCUT2D eigenvalue weighted by atomic mass is 10.2. The van der Waals surface area contributed by atoms with Crippen LogP contribution in [-0.4, -0.2) is 55.7 Å². The van der Waals surface area contributed by atoms with Crippen molar-refractivity contribution in [3.63, 3.8) is 0 Å². The first-order valence-electron chi connectivity index (χ1n) is 11.1. The van der Waals surface area contributed by atoms with Crippen molar-refractivity contribution >= 4 is 44.3 Å². The molecule has 0 atom stereocenters. The molecule has 36 heavy (non-hydrogen) atoms. The third-order valence-electron chi connectivity index (χ3n) is 5.60. The Hall–Kier alpha value is -4.13. The third kappa shape index (κ3) is 5.25. The number of ether oxygens (including phenoxy) is 1. The molecule has 0 unspecified atom stereocenters. The SMILES string of the molecule is NS(=O)(=O)c1ccc(NC(=O)Nc2ccc(-c3nc(N4CCOCC4)c4cccnc4n3)cc2)cc1. The molecule has 1 fully saturated rings. The van der Waals surface area contributed by atoms with Gasteiger partial charge in [-0.25, -0.2) is 33.3 Å². The van der Waals surface area contributed by atoms with E-state index < -0.39 is 16.1 Å². The molecule has 0 aliphatic carbocycles. The highest BCUT2D eigenvalue weighted by Gasteiger charge is 2.18. The quantitative estimate of drug-likeness (QED) is 0.374. The summed E-state index contributed by atoms with van der Waals surface area (Å²) in [7, 11) is -3.80. The van der Waals surface area contributed by atoms with Crippen LogP contribution in [0.5, 0.6) is 0 Å². The van der Waals surface area contributed by atoms with Gasteiger partial charge in [-0.1, -0.05) is 0 Å². The number of urea groups is 1. The number of benzene rings is 2. The van der Waals surface area contributed by atoms with Gasteiger partial charge in [-0.3, -0.25) is 0 Å². The summed E-state index contributed by atoms with van der Waals surface area (Å²) in [4.78, 5) is 28.4. The Balaban J connectivity index is 1.32. The smallest absolute Gasteiger partial charge is 0.323 e. The van der Waals surface area contributed by atoms with Crippen LogP contribution in [0.15, 0.2) is 71.8 Å². The largest absolute Gasteiger partial charge is 0.378 e. The molecule has 11 nitrogen and oxygen atoms in total. The van der Waals surface area contributed by atoms with Gasteiger partial charge in [0.15, 0.2) is 11.5 Å². The fourth-order valence-corrected chi connectivity index (χ4v) is 4.33. The number of carbonyl (C=O) groups is 1. The van der Waals surface area contributed by atoms with Crippen LogP contribution in [0.1, 0.15) is 0 Å². The Labute approximate surface area is 207 Å². The van der Waals surface area contributed by atoms with Crippen LogP contribution >= 0.6 is 0 Å². The number of hydrogen-bond acceptors (Lipinski definition) is 8. The van der Waals surface area contributed by atoms with E-state index in [1.165, 1.54) is 24.3 Å². The first kappa shape index (κ1) is 23.6. The predicted molar refractivity (Wildman–Crippen MR) is 136 cm³/mol. The number of morpholine rings is 1. The number of rotatable bonds is 5. The molecule has 0 saturated carbocycles. The molecule has 1 aliphatic heterocycles. The Morgan fingerprint density at radius 1 is 0.917 bits per heavy atom. The lowest BCUT2D eigenvalue weighted by Gasteiger charge is -2.28. The van der Waals surface area contributed by atoms with Crippen LogP contribution in [0.25, 0.3) is 22.4 Å². The Morgan fingerprint density at radius 2 is 1.56 bits per heavy atom. The van der Waals surface area contributed by atoms with Crippen molar-refractivity contribution in [1.29, 1.82) is 0 Å². The van der Waals surface area contributed by atoms with E-state index in [4.69, 9.17) is 14.9 Å². The van der Waals surface area contributed by atoms with E-state index >= 15 is 0 Å². The maximum absolute atomic E-state index is 12.4. The molecule has 1 saturated heterocycles. The van der Waals surface area contributed by atoms with Gasteiger partial charge in [0.2, 0.25) is 10.0 Å². The first-order valence-corrected chi connectivity index (χ1v) is 12.7. The second kappa shape index (κ2) is 9.85. The zero-order valence-corrected chi connectivity index (χ0v) is 19.9. The van der Waals surface area contributed by atoms with Crippen molar-refractivity contribution in [3.05, 3.63) is 66.9 Å². The molecule has 5 rings (SSSR count). The van der Waals surface area contributed by atoms with E-state index in [9.17, 15) is 13.2 Å². The summed E-state index contributed by atoms with van der Waals surface area (Å²) in [6, 6.07) is 16.1. The molecular formula is C24H23N7O4S. The number of sulfonamides is 1. The van der Waals surface area contributed by atoms with Crippen LogP contribution in [0.4, 0.5) is 22.0 Å². The van der Waals surface area contributed by atoms with Crippen LogP contribution in [0, 0.1) is 0 Å². The zero-order chi connectivity index (χ0) is 25.1. The minimum Gasteiger partial charge on any atom is -0.378 e. The molecule has 2 amide bonds. The summed E-state index contributed by atoms with van der Waals surface area (Å²) in [5.41, 5.74) is 2.37. The summed E-state index contributed by atoms with van der Waals surface area (Å²) < 4.78 is 28.2. The van der Waals surface area contributed by atoms with Gasteiger partial charge in [0.05, 0.1) is 23.5 Å². The van der Waals surface area contributed by atoms with E-state index in [2.05, 4.69) is 25.5 Å². The maximum Gasteiger partial charge on any atom is 0.323 e. The zero-order valence-electron chi connectivity index (χ0n) is 19.1. The number of nitrogens with two attached hydrogens (primary N) is 1. The molecule has 0 bridgehead atoms. The Morgan fingerprint density at radius 3 is 2.19 bits per heavy atom. The maximum atomic E-state index is 12.4. The summed E-state index contributed by atoms with van der Waals surface area (Å²) in [5.74, 6) is 1.36. The number of carbonyl (C=O) groups excluding carboxylic acids is 1. The number of nitrogens with zero attached hydrogens (tertiary/aromatic N) is 4. The summed E-state index contributed by atoms with van der Waals surface area (Å²) in [6.45, 7) is 2.76. The van der Waals surface area contributed by atoms with E-state index in [0.717, 1.165) is 29.9 Å². The number of fused-ring (bicyclic) bond motifs is 1. The van der Waals surface area contributed by atoms with Crippen molar-refractivity contribution in [2.45, 2.75) is 4.90 Å². The molecular weight excluding hydrogens is 482 g/mol. The average molecular weight is 506 g/mol. The number of pyridine rings is 1. The highest BCUT2D eigenvalue weighted by molar-refractivity contribution is 7.89. The molecule has 184 valence electrons. The van der Waals surface area contributed by atoms with Crippen LogP contribution in [0.2, 0.25) is 0 Å². The fourth-order valence-electron chi connectivity index (χ4n) is 3.82. The van der Waals surface area contributed by atoms with Gasteiger partial charge in [0.1, 0.15) is 5.82 Å². The van der Waals surface area contributed by atoms with Gasteiger partial charge in [-0.05, 0) is 60.7 Å². The highest BCUT2D eigenvalue weighted by Crippen LogP contribution is 2.27. The molecule has 0 spiro atoms. The predicted octanol–water partition coefficient (Wildman–Crippen LogP) is 2.82. The monoisotopic (exact) mass is 505 g/mol. The Kier molecular flexibility index (Phi) is 6.46. The molecule has 0 radical (unpaired) electrons. The molecule has 2 aromatic carbocycles. The van der Waals surface area contributed by atoms with Crippen molar-refractivity contribution in [2.24, 2.45) is 5.14 Å². The van der Waals surface area contributed by atoms with Crippen molar-refractivity contribution in [1.82, 2.24) is 15.0 Å². The topological polar surface area (TPSA) is 152 Å². The minimum absolute atomic E-state index is 0.0352. The van der Waals surface area contributed by atoms with E-state index in [-0.39, 0.29) is 4.90 Å². The number of amides is 2. The molecule has 4 N–H and O–H groups in total. The van der Waals surface area contributed by atoms with Crippen LogP contribution in [0.3, 0.4) is 0 Å². The van der Waals surface area contributed by atoms with E-state index in [1.807, 2.05) is 24.3 Å². The van der Waals surface area contributed by atoms with Crippen LogP contribution in [-0.2, 0) is 14.8 Å². The second-order valence-corrected chi connectivity index (χ2v) is 9.63. The number of hydrogen-bond donors (Lipinski definition) is 3. The van der Waals surface area contributed by atoms with Gasteiger partial charge in [-0.2, -0.15) is 0 Å². The molecule has 1 aliphatic rings. The molecule has 4 aromatic rings. The van der Waals surface area contributed by atoms with Gasteiger partial charge < -0.3 is 20.3 Å². The molecule has 3 heterocycles. The van der Waals surface area contributed by atoms with Gasteiger partial charge in [0, 0.05) is 36.2 Å². The number of aromatic nitrogens is 3. The standard InChI is InChI=1S/C24H23N7O4S/c25-36(33,34)19-9-7-18(8-10-19)28-24(32)27-17-5-3-16(4-6-17)21-29-22-20(2-1-11-26-22)23(30-21)31-12-14-35-15-13-31/h1-11H,12-15H2,(H2,25,33,34)(H2,27,28,32). The van der Waals surface area contributed by atoms with Gasteiger partial charge >= 0.3 is 6.03 Å². The number of primary sulfonamides is 1. The van der Waals surface area contributed by atoms with Gasteiger partial charge in [-0.15, -0.1) is 0 Å². The normalized spacial score (nSPS) is 14.0. The summed E-state index contributed by atoms with van der Waals surface area (Å²) >= 11 is 0.